The molecule has 1 amide bonds. The molecule has 126 valence electrons. The minimum absolute atomic E-state index is 0. The molecule has 0 aliphatic carbocycles. The van der Waals surface area contributed by atoms with Crippen LogP contribution >= 0.6 is 35.7 Å². The van der Waals surface area contributed by atoms with Crippen LogP contribution < -0.4 is 16.0 Å². The number of amides is 1. The van der Waals surface area contributed by atoms with Gasteiger partial charge in [-0.1, -0.05) is 0 Å². The van der Waals surface area contributed by atoms with E-state index in [-0.39, 0.29) is 35.9 Å². The summed E-state index contributed by atoms with van der Waals surface area (Å²) >= 11 is 1.87. The van der Waals surface area contributed by atoms with E-state index in [0.717, 1.165) is 25.5 Å². The molecule has 0 bridgehead atoms. The van der Waals surface area contributed by atoms with Crippen LogP contribution in [0, 0.1) is 0 Å². The molecule has 7 heteroatoms. The Hall–Kier alpha value is -0.180. The van der Waals surface area contributed by atoms with E-state index in [1.807, 2.05) is 32.5 Å². The zero-order valence-electron chi connectivity index (χ0n) is 13.7. The van der Waals surface area contributed by atoms with Crippen LogP contribution in [-0.4, -0.2) is 49.6 Å². The molecule has 21 heavy (non-hydrogen) atoms. The zero-order valence-corrected chi connectivity index (χ0v) is 16.8. The Morgan fingerprint density at radius 3 is 2.52 bits per heavy atom. The highest BCUT2D eigenvalue weighted by Crippen LogP contribution is 1.98. The van der Waals surface area contributed by atoms with Gasteiger partial charge in [-0.05, 0) is 45.6 Å². The molecule has 0 saturated heterocycles. The Kier molecular flexibility index (Phi) is 17.8. The molecule has 0 saturated carbocycles. The minimum Gasteiger partial charge on any atom is -0.357 e. The fourth-order valence-corrected chi connectivity index (χ4v) is 2.07. The normalized spacial score (nSPS) is 11.0. The number of thioether (sulfide) groups is 1. The zero-order chi connectivity index (χ0) is 15.2. The smallest absolute Gasteiger partial charge is 0.221 e. The third-order valence-electron chi connectivity index (χ3n) is 2.46. The van der Waals surface area contributed by atoms with E-state index in [9.17, 15) is 4.79 Å². The number of hydrogen-bond donors (Lipinski definition) is 3. The average Bonchev–Trinajstić information content (AvgIpc) is 2.37. The highest BCUT2D eigenvalue weighted by atomic mass is 127. The van der Waals surface area contributed by atoms with Crippen molar-refractivity contribution < 1.29 is 4.79 Å². The van der Waals surface area contributed by atoms with Crippen molar-refractivity contribution in [3.8, 4) is 0 Å². The fraction of sp³-hybridized carbons (Fsp3) is 0.857. The van der Waals surface area contributed by atoms with Crippen molar-refractivity contribution in [3.05, 3.63) is 0 Å². The lowest BCUT2D eigenvalue weighted by Gasteiger charge is -2.12. The number of rotatable bonds is 10. The van der Waals surface area contributed by atoms with Crippen LogP contribution in [0.1, 0.15) is 40.0 Å². The van der Waals surface area contributed by atoms with E-state index in [4.69, 9.17) is 0 Å². The topological polar surface area (TPSA) is 65.5 Å². The lowest BCUT2D eigenvalue weighted by atomic mass is 10.3. The quantitative estimate of drug-likeness (QED) is 0.215. The second kappa shape index (κ2) is 16.2. The van der Waals surface area contributed by atoms with Crippen LogP contribution in [0.2, 0.25) is 0 Å². The third-order valence-corrected chi connectivity index (χ3v) is 3.16. The second-order valence-corrected chi connectivity index (χ2v) is 5.85. The average molecular weight is 430 g/mol. The highest BCUT2D eigenvalue weighted by molar-refractivity contribution is 14.0. The third kappa shape index (κ3) is 16.0. The first-order valence-electron chi connectivity index (χ1n) is 7.40. The monoisotopic (exact) mass is 430 g/mol. The number of unbranched alkanes of at least 4 members (excludes halogenated alkanes) is 1. The number of hydrogen-bond acceptors (Lipinski definition) is 3. The SMILES string of the molecule is CCNC(=NCCCCSC)NCCC(=O)NC(C)C.I. The summed E-state index contributed by atoms with van der Waals surface area (Å²) in [4.78, 5) is 16.0. The van der Waals surface area contributed by atoms with Crippen molar-refractivity contribution in [2.45, 2.75) is 46.1 Å². The van der Waals surface area contributed by atoms with E-state index in [1.54, 1.807) is 0 Å². The Balaban J connectivity index is 0. The van der Waals surface area contributed by atoms with Crippen LogP contribution in [0.5, 0.6) is 0 Å². The first kappa shape index (κ1) is 23.1. The molecular formula is C14H31IN4OS. The molecule has 0 spiro atoms. The van der Waals surface area contributed by atoms with E-state index in [1.165, 1.54) is 12.2 Å². The van der Waals surface area contributed by atoms with Crippen molar-refractivity contribution in [2.24, 2.45) is 4.99 Å². The van der Waals surface area contributed by atoms with Gasteiger partial charge in [-0.15, -0.1) is 24.0 Å². The van der Waals surface area contributed by atoms with Gasteiger partial charge in [0.15, 0.2) is 5.96 Å². The number of nitrogens with one attached hydrogen (secondary N) is 3. The summed E-state index contributed by atoms with van der Waals surface area (Å²) < 4.78 is 0. The lowest BCUT2D eigenvalue weighted by Crippen LogP contribution is -2.40. The van der Waals surface area contributed by atoms with Gasteiger partial charge in [0.2, 0.25) is 5.91 Å². The van der Waals surface area contributed by atoms with Crippen molar-refractivity contribution in [3.63, 3.8) is 0 Å². The molecule has 0 aliphatic rings. The molecule has 5 nitrogen and oxygen atoms in total. The van der Waals surface area contributed by atoms with Gasteiger partial charge < -0.3 is 16.0 Å². The molecular weight excluding hydrogens is 399 g/mol. The minimum atomic E-state index is 0. The lowest BCUT2D eigenvalue weighted by molar-refractivity contribution is -0.121. The summed E-state index contributed by atoms with van der Waals surface area (Å²) in [6.45, 7) is 8.23. The number of halogens is 1. The summed E-state index contributed by atoms with van der Waals surface area (Å²) in [7, 11) is 0. The molecule has 0 aromatic heterocycles. The number of nitrogens with zero attached hydrogens (tertiary/aromatic N) is 1. The predicted molar refractivity (Wildman–Crippen MR) is 105 cm³/mol. The maximum absolute atomic E-state index is 11.5. The molecule has 0 heterocycles. The van der Waals surface area contributed by atoms with E-state index in [2.05, 4.69) is 27.2 Å². The van der Waals surface area contributed by atoms with Gasteiger partial charge >= 0.3 is 0 Å². The molecule has 3 N–H and O–H groups in total. The molecule has 0 atom stereocenters. The predicted octanol–water partition coefficient (Wildman–Crippen LogP) is 2.22. The van der Waals surface area contributed by atoms with Gasteiger partial charge in [0.1, 0.15) is 0 Å². The molecule has 0 aromatic rings. The maximum atomic E-state index is 11.5. The van der Waals surface area contributed by atoms with Crippen LogP contribution in [0.3, 0.4) is 0 Å². The van der Waals surface area contributed by atoms with Gasteiger partial charge in [0.05, 0.1) is 0 Å². The summed E-state index contributed by atoms with van der Waals surface area (Å²) in [5.41, 5.74) is 0. The highest BCUT2D eigenvalue weighted by Gasteiger charge is 2.03. The maximum Gasteiger partial charge on any atom is 0.221 e. The largest absolute Gasteiger partial charge is 0.357 e. The van der Waals surface area contributed by atoms with Crippen LogP contribution in [0.4, 0.5) is 0 Å². The van der Waals surface area contributed by atoms with Crippen molar-refractivity contribution in [2.75, 3.05) is 31.6 Å². The first-order valence-corrected chi connectivity index (χ1v) is 8.80. The molecule has 0 fully saturated rings. The summed E-state index contributed by atoms with van der Waals surface area (Å²) in [6.07, 6.45) is 4.89. The Morgan fingerprint density at radius 2 is 1.95 bits per heavy atom. The van der Waals surface area contributed by atoms with E-state index >= 15 is 0 Å². The van der Waals surface area contributed by atoms with E-state index < -0.39 is 0 Å². The fourth-order valence-electron chi connectivity index (χ4n) is 1.58. The van der Waals surface area contributed by atoms with Gasteiger partial charge in [0, 0.05) is 32.1 Å². The first-order chi connectivity index (χ1) is 9.60. The number of guanidine groups is 1. The Labute approximate surface area is 150 Å². The van der Waals surface area contributed by atoms with Crippen LogP contribution in [-0.2, 0) is 4.79 Å². The van der Waals surface area contributed by atoms with Crippen LogP contribution in [0.25, 0.3) is 0 Å². The summed E-state index contributed by atoms with van der Waals surface area (Å²) in [5.74, 6) is 2.06. The van der Waals surface area contributed by atoms with Gasteiger partial charge in [0.25, 0.3) is 0 Å². The van der Waals surface area contributed by atoms with Crippen molar-refractivity contribution in [1.29, 1.82) is 0 Å². The van der Waals surface area contributed by atoms with Crippen molar-refractivity contribution in [1.82, 2.24) is 16.0 Å². The van der Waals surface area contributed by atoms with Gasteiger partial charge in [-0.25, -0.2) is 0 Å². The number of carbonyl (C=O) groups excluding carboxylic acids is 1. The Morgan fingerprint density at radius 1 is 1.24 bits per heavy atom. The van der Waals surface area contributed by atoms with Gasteiger partial charge in [-0.3, -0.25) is 9.79 Å². The molecule has 0 rings (SSSR count). The van der Waals surface area contributed by atoms with Crippen LogP contribution in [0.15, 0.2) is 4.99 Å². The summed E-state index contributed by atoms with van der Waals surface area (Å²) in [5, 5.41) is 9.25. The second-order valence-electron chi connectivity index (χ2n) is 4.86. The standard InChI is InChI=1S/C14H30N4OS.HI/c1-5-15-14(16-9-6-7-11-20-4)17-10-8-13(19)18-12(2)3;/h12H,5-11H2,1-4H3,(H,18,19)(H2,15,16,17);1H. The van der Waals surface area contributed by atoms with Crippen molar-refractivity contribution >= 4 is 47.6 Å². The molecule has 0 aromatic carbocycles. The molecule has 0 radical (unpaired) electrons. The summed E-state index contributed by atoms with van der Waals surface area (Å²) in [6, 6.07) is 0.195. The number of aliphatic imine (C=N–C) groups is 1. The van der Waals surface area contributed by atoms with Gasteiger partial charge in [-0.2, -0.15) is 11.8 Å². The molecule has 0 unspecified atom stereocenters. The Bertz CT molecular complexity index is 288. The molecule has 0 aliphatic heterocycles. The number of carbonyl (C=O) groups is 1. The van der Waals surface area contributed by atoms with E-state index in [0.29, 0.717) is 13.0 Å².